The smallest absolute Gasteiger partial charge is 0.164 e. The Kier molecular flexibility index (Phi) is 4.75. The summed E-state index contributed by atoms with van der Waals surface area (Å²) in [5.74, 6) is 1.51. The zero-order valence-electron chi connectivity index (χ0n) is 11.0. The van der Waals surface area contributed by atoms with E-state index in [1.54, 1.807) is 19.5 Å². The molecule has 0 aliphatic rings. The van der Waals surface area contributed by atoms with E-state index in [4.69, 9.17) is 15.2 Å². The van der Waals surface area contributed by atoms with Gasteiger partial charge in [0.05, 0.1) is 7.11 Å². The lowest BCUT2D eigenvalue weighted by Gasteiger charge is -2.14. The van der Waals surface area contributed by atoms with Gasteiger partial charge in [-0.2, -0.15) is 0 Å². The average molecular weight is 258 g/mol. The zero-order valence-corrected chi connectivity index (χ0v) is 11.0. The third-order valence-corrected chi connectivity index (χ3v) is 2.83. The van der Waals surface area contributed by atoms with Crippen molar-refractivity contribution >= 4 is 0 Å². The Balaban J connectivity index is 2.17. The molecule has 2 N–H and O–H groups in total. The standard InChI is InChI=1S/C15H18N2O2/c1-18-14-4-2-3-13(5-8-16)15(14)19-11-12-6-9-17-10-7-12/h2-4,6-7,9-10H,5,8,11,16H2,1H3. The molecule has 0 aliphatic carbocycles. The lowest BCUT2D eigenvalue weighted by molar-refractivity contribution is 0.281. The van der Waals surface area contributed by atoms with E-state index in [-0.39, 0.29) is 0 Å². The van der Waals surface area contributed by atoms with Crippen molar-refractivity contribution in [2.75, 3.05) is 13.7 Å². The summed E-state index contributed by atoms with van der Waals surface area (Å²) in [6.07, 6.45) is 4.27. The number of para-hydroxylation sites is 1. The molecule has 1 aromatic carbocycles. The van der Waals surface area contributed by atoms with Gasteiger partial charge in [0.25, 0.3) is 0 Å². The first kappa shape index (κ1) is 13.4. The van der Waals surface area contributed by atoms with Gasteiger partial charge in [0, 0.05) is 12.4 Å². The number of pyridine rings is 1. The van der Waals surface area contributed by atoms with Crippen LogP contribution in [0, 0.1) is 0 Å². The molecule has 0 atom stereocenters. The Hall–Kier alpha value is -2.07. The van der Waals surface area contributed by atoms with Crippen LogP contribution in [0.3, 0.4) is 0 Å². The van der Waals surface area contributed by atoms with Gasteiger partial charge in [-0.05, 0) is 42.3 Å². The van der Waals surface area contributed by atoms with Crippen LogP contribution in [0.2, 0.25) is 0 Å². The molecule has 0 radical (unpaired) electrons. The molecule has 0 unspecified atom stereocenters. The van der Waals surface area contributed by atoms with E-state index in [0.29, 0.717) is 13.2 Å². The first-order valence-corrected chi connectivity index (χ1v) is 6.22. The number of nitrogens with zero attached hydrogens (tertiary/aromatic N) is 1. The van der Waals surface area contributed by atoms with Crippen LogP contribution in [0.25, 0.3) is 0 Å². The molecular weight excluding hydrogens is 240 g/mol. The fourth-order valence-corrected chi connectivity index (χ4v) is 1.87. The predicted molar refractivity (Wildman–Crippen MR) is 74.3 cm³/mol. The van der Waals surface area contributed by atoms with Gasteiger partial charge in [0.2, 0.25) is 0 Å². The van der Waals surface area contributed by atoms with Crippen LogP contribution < -0.4 is 15.2 Å². The van der Waals surface area contributed by atoms with Gasteiger partial charge >= 0.3 is 0 Å². The molecular formula is C15H18N2O2. The van der Waals surface area contributed by atoms with Crippen molar-refractivity contribution in [1.82, 2.24) is 4.98 Å². The van der Waals surface area contributed by atoms with Crippen molar-refractivity contribution in [2.24, 2.45) is 5.73 Å². The summed E-state index contributed by atoms with van der Waals surface area (Å²) in [7, 11) is 1.64. The van der Waals surface area contributed by atoms with Crippen LogP contribution >= 0.6 is 0 Å². The predicted octanol–water partition coefficient (Wildman–Crippen LogP) is 2.17. The van der Waals surface area contributed by atoms with E-state index in [1.807, 2.05) is 30.3 Å². The Labute approximate surface area is 113 Å². The molecule has 0 saturated heterocycles. The Bertz CT molecular complexity index is 515. The first-order valence-electron chi connectivity index (χ1n) is 6.22. The largest absolute Gasteiger partial charge is 0.493 e. The third kappa shape index (κ3) is 3.45. The molecule has 0 fully saturated rings. The summed E-state index contributed by atoms with van der Waals surface area (Å²) in [6, 6.07) is 9.71. The Morgan fingerprint density at radius 3 is 2.63 bits per heavy atom. The SMILES string of the molecule is COc1cccc(CCN)c1OCc1ccncc1. The van der Waals surface area contributed by atoms with Crippen LogP contribution in [0.5, 0.6) is 11.5 Å². The van der Waals surface area contributed by atoms with E-state index in [0.717, 1.165) is 29.0 Å². The highest BCUT2D eigenvalue weighted by molar-refractivity contribution is 5.46. The molecule has 4 nitrogen and oxygen atoms in total. The van der Waals surface area contributed by atoms with Crippen molar-refractivity contribution < 1.29 is 9.47 Å². The van der Waals surface area contributed by atoms with Gasteiger partial charge < -0.3 is 15.2 Å². The normalized spacial score (nSPS) is 10.2. The number of aromatic nitrogens is 1. The maximum Gasteiger partial charge on any atom is 0.164 e. The van der Waals surface area contributed by atoms with Crippen molar-refractivity contribution in [3.63, 3.8) is 0 Å². The number of ether oxygens (including phenoxy) is 2. The minimum atomic E-state index is 0.487. The van der Waals surface area contributed by atoms with Crippen molar-refractivity contribution in [3.05, 3.63) is 53.9 Å². The fraction of sp³-hybridized carbons (Fsp3) is 0.267. The second-order valence-corrected chi connectivity index (χ2v) is 4.13. The van der Waals surface area contributed by atoms with Crippen molar-refractivity contribution in [1.29, 1.82) is 0 Å². The topological polar surface area (TPSA) is 57.4 Å². The van der Waals surface area contributed by atoms with E-state index < -0.39 is 0 Å². The molecule has 4 heteroatoms. The molecule has 1 heterocycles. The summed E-state index contributed by atoms with van der Waals surface area (Å²) >= 11 is 0. The van der Waals surface area contributed by atoms with E-state index in [9.17, 15) is 0 Å². The summed E-state index contributed by atoms with van der Waals surface area (Å²) in [5, 5.41) is 0. The third-order valence-electron chi connectivity index (χ3n) is 2.83. The van der Waals surface area contributed by atoms with Crippen LogP contribution in [-0.2, 0) is 13.0 Å². The van der Waals surface area contributed by atoms with E-state index >= 15 is 0 Å². The van der Waals surface area contributed by atoms with Crippen LogP contribution in [-0.4, -0.2) is 18.6 Å². The molecule has 1 aromatic heterocycles. The maximum atomic E-state index is 5.89. The molecule has 2 aromatic rings. The van der Waals surface area contributed by atoms with Gasteiger partial charge in [-0.3, -0.25) is 4.98 Å². The van der Waals surface area contributed by atoms with Gasteiger partial charge in [-0.15, -0.1) is 0 Å². The second kappa shape index (κ2) is 6.75. The minimum absolute atomic E-state index is 0.487. The molecule has 0 saturated carbocycles. The molecule has 0 amide bonds. The van der Waals surface area contributed by atoms with E-state index in [1.165, 1.54) is 0 Å². The average Bonchev–Trinajstić information content (AvgIpc) is 2.47. The number of hydrogen-bond acceptors (Lipinski definition) is 4. The zero-order chi connectivity index (χ0) is 13.5. The summed E-state index contributed by atoms with van der Waals surface area (Å²) in [6.45, 7) is 1.07. The Morgan fingerprint density at radius 1 is 1.16 bits per heavy atom. The van der Waals surface area contributed by atoms with Gasteiger partial charge in [-0.1, -0.05) is 12.1 Å². The van der Waals surface area contributed by atoms with Crippen LogP contribution in [0.1, 0.15) is 11.1 Å². The van der Waals surface area contributed by atoms with Crippen molar-refractivity contribution in [3.8, 4) is 11.5 Å². The molecule has 2 rings (SSSR count). The molecule has 19 heavy (non-hydrogen) atoms. The maximum absolute atomic E-state index is 5.89. The van der Waals surface area contributed by atoms with Gasteiger partial charge in [0.1, 0.15) is 6.61 Å². The second-order valence-electron chi connectivity index (χ2n) is 4.13. The highest BCUT2D eigenvalue weighted by Crippen LogP contribution is 2.31. The number of methoxy groups -OCH3 is 1. The number of nitrogens with two attached hydrogens (primary N) is 1. The quantitative estimate of drug-likeness (QED) is 0.862. The molecule has 0 bridgehead atoms. The van der Waals surface area contributed by atoms with Crippen LogP contribution in [0.15, 0.2) is 42.7 Å². The van der Waals surface area contributed by atoms with Crippen LogP contribution in [0.4, 0.5) is 0 Å². The van der Waals surface area contributed by atoms with Gasteiger partial charge in [-0.25, -0.2) is 0 Å². The lowest BCUT2D eigenvalue weighted by atomic mass is 10.1. The van der Waals surface area contributed by atoms with Crippen molar-refractivity contribution in [2.45, 2.75) is 13.0 Å². The summed E-state index contributed by atoms with van der Waals surface area (Å²) < 4.78 is 11.2. The Morgan fingerprint density at radius 2 is 1.95 bits per heavy atom. The first-order chi connectivity index (χ1) is 9.35. The monoisotopic (exact) mass is 258 g/mol. The fourth-order valence-electron chi connectivity index (χ4n) is 1.87. The molecule has 0 aliphatic heterocycles. The summed E-state index contributed by atoms with van der Waals surface area (Å²) in [4.78, 5) is 3.98. The minimum Gasteiger partial charge on any atom is -0.493 e. The highest BCUT2D eigenvalue weighted by Gasteiger charge is 2.10. The highest BCUT2D eigenvalue weighted by atomic mass is 16.5. The lowest BCUT2D eigenvalue weighted by Crippen LogP contribution is -2.06. The summed E-state index contributed by atoms with van der Waals surface area (Å²) in [5.41, 5.74) is 7.76. The van der Waals surface area contributed by atoms with Gasteiger partial charge in [0.15, 0.2) is 11.5 Å². The molecule has 0 spiro atoms. The van der Waals surface area contributed by atoms with E-state index in [2.05, 4.69) is 4.98 Å². The number of hydrogen-bond donors (Lipinski definition) is 1. The molecule has 100 valence electrons. The number of benzene rings is 1. The number of rotatable bonds is 6.